The van der Waals surface area contributed by atoms with Gasteiger partial charge in [-0.15, -0.1) is 0 Å². The molecule has 0 unspecified atom stereocenters. The van der Waals surface area contributed by atoms with Gasteiger partial charge >= 0.3 is 5.97 Å². The number of aryl methyl sites for hydroxylation is 2. The number of hydrogen-bond donors (Lipinski definition) is 0. The lowest BCUT2D eigenvalue weighted by molar-refractivity contribution is 0.0589. The Hall–Kier alpha value is -1.91. The molecule has 90 valence electrons. The lowest BCUT2D eigenvalue weighted by Gasteiger charge is -2.03. The molecule has 0 fully saturated rings. The summed E-state index contributed by atoms with van der Waals surface area (Å²) in [4.78, 5) is 11.6. The van der Waals surface area contributed by atoms with Crippen molar-refractivity contribution < 1.29 is 18.3 Å². The fourth-order valence-electron chi connectivity index (χ4n) is 2.07. The van der Waals surface area contributed by atoms with Gasteiger partial charge in [-0.2, -0.15) is 0 Å². The number of nitrogens with zero attached hydrogens (tertiary/aromatic N) is 1. The van der Waals surface area contributed by atoms with Crippen molar-refractivity contribution in [3.05, 3.63) is 35.0 Å². The lowest BCUT2D eigenvalue weighted by Crippen LogP contribution is -2.09. The highest BCUT2D eigenvalue weighted by molar-refractivity contribution is 5.99. The molecule has 2 aromatic rings. The standard InChI is InChI=1S/C12H11F2NO2/c1-6-8-4-7(13)5-9(14)11(8)15(2)10(6)12(16)17-3/h4-5H,1-3H3. The first kappa shape index (κ1) is 11.6. The van der Waals surface area contributed by atoms with Gasteiger partial charge in [0.1, 0.15) is 17.3 Å². The van der Waals surface area contributed by atoms with Crippen molar-refractivity contribution in [3.63, 3.8) is 0 Å². The topological polar surface area (TPSA) is 31.2 Å². The van der Waals surface area contributed by atoms with E-state index in [1.54, 1.807) is 14.0 Å². The number of fused-ring (bicyclic) bond motifs is 1. The highest BCUT2D eigenvalue weighted by atomic mass is 19.1. The van der Waals surface area contributed by atoms with Crippen molar-refractivity contribution in [2.75, 3.05) is 7.11 Å². The zero-order valence-corrected chi connectivity index (χ0v) is 9.67. The van der Waals surface area contributed by atoms with Gasteiger partial charge in [0.05, 0.1) is 12.6 Å². The van der Waals surface area contributed by atoms with E-state index in [2.05, 4.69) is 4.74 Å². The summed E-state index contributed by atoms with van der Waals surface area (Å²) in [5.41, 5.74) is 0.934. The molecule has 5 heteroatoms. The molecule has 1 heterocycles. The highest BCUT2D eigenvalue weighted by Gasteiger charge is 2.21. The molecule has 0 atom stereocenters. The van der Waals surface area contributed by atoms with Crippen LogP contribution in [0.1, 0.15) is 16.1 Å². The van der Waals surface area contributed by atoms with Crippen molar-refractivity contribution in [2.45, 2.75) is 6.92 Å². The van der Waals surface area contributed by atoms with Gasteiger partial charge in [-0.1, -0.05) is 0 Å². The highest BCUT2D eigenvalue weighted by Crippen LogP contribution is 2.28. The summed E-state index contributed by atoms with van der Waals surface area (Å²) in [6, 6.07) is 2.00. The van der Waals surface area contributed by atoms with Crippen LogP contribution in [0.5, 0.6) is 0 Å². The molecule has 0 N–H and O–H groups in total. The fraction of sp³-hybridized carbons (Fsp3) is 0.250. The van der Waals surface area contributed by atoms with Gasteiger partial charge in [0.25, 0.3) is 0 Å². The Labute approximate surface area is 96.6 Å². The van der Waals surface area contributed by atoms with E-state index in [0.717, 1.165) is 6.07 Å². The maximum atomic E-state index is 13.7. The minimum Gasteiger partial charge on any atom is -0.464 e. The number of methoxy groups -OCH3 is 1. The molecule has 0 spiro atoms. The summed E-state index contributed by atoms with van der Waals surface area (Å²) in [7, 11) is 2.79. The molecular weight excluding hydrogens is 228 g/mol. The normalized spacial score (nSPS) is 10.9. The van der Waals surface area contributed by atoms with Gasteiger partial charge < -0.3 is 9.30 Å². The van der Waals surface area contributed by atoms with Gasteiger partial charge in [-0.25, -0.2) is 13.6 Å². The Morgan fingerprint density at radius 1 is 1.35 bits per heavy atom. The second-order valence-electron chi connectivity index (χ2n) is 3.81. The van der Waals surface area contributed by atoms with Crippen LogP contribution in [0.2, 0.25) is 0 Å². The predicted octanol–water partition coefficient (Wildman–Crippen LogP) is 2.55. The summed E-state index contributed by atoms with van der Waals surface area (Å²) in [6.07, 6.45) is 0. The molecule has 2 rings (SSSR count). The first-order chi connectivity index (χ1) is 7.97. The van der Waals surface area contributed by atoms with E-state index in [4.69, 9.17) is 0 Å². The number of ether oxygens (including phenoxy) is 1. The van der Waals surface area contributed by atoms with Crippen LogP contribution in [0.3, 0.4) is 0 Å². The molecule has 3 nitrogen and oxygen atoms in total. The van der Waals surface area contributed by atoms with Crippen LogP contribution in [0, 0.1) is 18.6 Å². The van der Waals surface area contributed by atoms with Gasteiger partial charge in [-0.05, 0) is 18.6 Å². The van der Waals surface area contributed by atoms with Gasteiger partial charge in [-0.3, -0.25) is 0 Å². The van der Waals surface area contributed by atoms with Crippen molar-refractivity contribution in [2.24, 2.45) is 7.05 Å². The minimum atomic E-state index is -0.694. The van der Waals surface area contributed by atoms with E-state index in [-0.39, 0.29) is 11.2 Å². The van der Waals surface area contributed by atoms with Crippen molar-refractivity contribution >= 4 is 16.9 Å². The predicted molar refractivity (Wildman–Crippen MR) is 58.9 cm³/mol. The number of carbonyl (C=O) groups is 1. The van der Waals surface area contributed by atoms with E-state index in [1.165, 1.54) is 17.7 Å². The average Bonchev–Trinajstić information content (AvgIpc) is 2.50. The number of carbonyl (C=O) groups excluding carboxylic acids is 1. The smallest absolute Gasteiger partial charge is 0.354 e. The zero-order valence-electron chi connectivity index (χ0n) is 9.67. The Morgan fingerprint density at radius 3 is 2.59 bits per heavy atom. The number of benzene rings is 1. The molecule has 1 aromatic heterocycles. The lowest BCUT2D eigenvalue weighted by atomic mass is 10.1. The molecule has 0 radical (unpaired) electrons. The largest absolute Gasteiger partial charge is 0.464 e. The van der Waals surface area contributed by atoms with E-state index >= 15 is 0 Å². The van der Waals surface area contributed by atoms with Gasteiger partial charge in [0, 0.05) is 18.5 Å². The maximum absolute atomic E-state index is 13.7. The monoisotopic (exact) mass is 239 g/mol. The first-order valence-corrected chi connectivity index (χ1v) is 4.99. The van der Waals surface area contributed by atoms with Crippen LogP contribution < -0.4 is 0 Å². The van der Waals surface area contributed by atoms with Crippen LogP contribution >= 0.6 is 0 Å². The van der Waals surface area contributed by atoms with Crippen molar-refractivity contribution in [3.8, 4) is 0 Å². The number of rotatable bonds is 1. The van der Waals surface area contributed by atoms with E-state index in [9.17, 15) is 13.6 Å². The summed E-state index contributed by atoms with van der Waals surface area (Å²) in [6.45, 7) is 1.63. The molecule has 0 aliphatic carbocycles. The first-order valence-electron chi connectivity index (χ1n) is 4.99. The summed E-state index contributed by atoms with van der Waals surface area (Å²) >= 11 is 0. The van der Waals surface area contributed by atoms with E-state index < -0.39 is 17.6 Å². The molecule has 1 aromatic carbocycles. The van der Waals surface area contributed by atoms with Crippen LogP contribution in [0.25, 0.3) is 10.9 Å². The Balaban J connectivity index is 2.90. The molecular formula is C12H11F2NO2. The molecule has 0 saturated carbocycles. The molecule has 17 heavy (non-hydrogen) atoms. The van der Waals surface area contributed by atoms with E-state index in [1.807, 2.05) is 0 Å². The SMILES string of the molecule is COC(=O)c1c(C)c2cc(F)cc(F)c2n1C. The second-order valence-corrected chi connectivity index (χ2v) is 3.81. The Morgan fingerprint density at radius 2 is 2.00 bits per heavy atom. The number of aromatic nitrogens is 1. The number of esters is 1. The quantitative estimate of drug-likeness (QED) is 0.716. The van der Waals surface area contributed by atoms with Crippen LogP contribution in [-0.2, 0) is 11.8 Å². The molecule has 0 bridgehead atoms. The number of halogens is 2. The minimum absolute atomic E-state index is 0.198. The third-order valence-electron chi connectivity index (χ3n) is 2.84. The van der Waals surface area contributed by atoms with Crippen LogP contribution in [0.4, 0.5) is 8.78 Å². The van der Waals surface area contributed by atoms with Gasteiger partial charge in [0.15, 0.2) is 0 Å². The summed E-state index contributed by atoms with van der Waals surface area (Å²) < 4.78 is 32.8. The van der Waals surface area contributed by atoms with Crippen molar-refractivity contribution in [1.82, 2.24) is 4.57 Å². The van der Waals surface area contributed by atoms with Crippen LogP contribution in [-0.4, -0.2) is 17.6 Å². The molecule has 0 aliphatic heterocycles. The summed E-state index contributed by atoms with van der Waals surface area (Å²) in [5, 5.41) is 0.380. The van der Waals surface area contributed by atoms with Crippen molar-refractivity contribution in [1.29, 1.82) is 0 Å². The average molecular weight is 239 g/mol. The fourth-order valence-corrected chi connectivity index (χ4v) is 2.07. The zero-order chi connectivity index (χ0) is 12.7. The maximum Gasteiger partial charge on any atom is 0.354 e. The van der Waals surface area contributed by atoms with Gasteiger partial charge in [0.2, 0.25) is 0 Å². The second kappa shape index (κ2) is 3.84. The third kappa shape index (κ3) is 1.58. The Bertz CT molecular complexity index is 617. The number of hydrogen-bond acceptors (Lipinski definition) is 2. The summed E-state index contributed by atoms with van der Waals surface area (Å²) in [5.74, 6) is -1.93. The molecule has 0 saturated heterocycles. The third-order valence-corrected chi connectivity index (χ3v) is 2.84. The Kier molecular flexibility index (Phi) is 2.61. The molecule has 0 amide bonds. The van der Waals surface area contributed by atoms with E-state index in [0.29, 0.717) is 10.9 Å². The van der Waals surface area contributed by atoms with Crippen LogP contribution in [0.15, 0.2) is 12.1 Å². The molecule has 0 aliphatic rings.